The van der Waals surface area contributed by atoms with Crippen molar-refractivity contribution in [3.63, 3.8) is 0 Å². The second kappa shape index (κ2) is 5.89. The number of fused-ring (bicyclic) bond motifs is 1. The lowest BCUT2D eigenvalue weighted by Gasteiger charge is -2.39. The van der Waals surface area contributed by atoms with Gasteiger partial charge in [0, 0.05) is 18.0 Å². The number of H-pyrrole nitrogens is 2. The van der Waals surface area contributed by atoms with Crippen LogP contribution in [0.2, 0.25) is 0 Å². The summed E-state index contributed by atoms with van der Waals surface area (Å²) in [5.74, 6) is 0. The maximum Gasteiger partial charge on any atom is 0.323 e. The molecule has 22 heavy (non-hydrogen) atoms. The van der Waals surface area contributed by atoms with E-state index in [9.17, 15) is 9.90 Å². The molecule has 1 fully saturated rings. The standard InChI is InChI=1S/C17H25N3O2/c1-11(18-10-17(2)8-4-3-5-15(17)21)12-6-7-13-14(9-12)20-16(22)19-13/h6-7,9,11,15,18,21H,3-5,8,10H2,1-2H3,(H2,19,20,22). The number of benzene rings is 1. The molecule has 1 heterocycles. The zero-order chi connectivity index (χ0) is 15.7. The van der Waals surface area contributed by atoms with Gasteiger partial charge in [-0.1, -0.05) is 25.8 Å². The predicted molar refractivity (Wildman–Crippen MR) is 87.9 cm³/mol. The Labute approximate surface area is 130 Å². The molecule has 3 atom stereocenters. The van der Waals surface area contributed by atoms with Crippen LogP contribution in [0.15, 0.2) is 23.0 Å². The molecule has 0 saturated heterocycles. The third kappa shape index (κ3) is 2.96. The smallest absolute Gasteiger partial charge is 0.323 e. The van der Waals surface area contributed by atoms with Gasteiger partial charge in [0.1, 0.15) is 0 Å². The first-order chi connectivity index (χ1) is 10.5. The van der Waals surface area contributed by atoms with Gasteiger partial charge in [0.2, 0.25) is 0 Å². The third-order valence-electron chi connectivity index (χ3n) is 5.13. The first kappa shape index (κ1) is 15.3. The van der Waals surface area contributed by atoms with Gasteiger partial charge in [-0.25, -0.2) is 4.79 Å². The molecule has 0 spiro atoms. The average molecular weight is 303 g/mol. The highest BCUT2D eigenvalue weighted by molar-refractivity contribution is 5.75. The summed E-state index contributed by atoms with van der Waals surface area (Å²) in [6, 6.07) is 6.14. The van der Waals surface area contributed by atoms with Gasteiger partial charge in [-0.2, -0.15) is 0 Å². The maximum atomic E-state index is 11.3. The van der Waals surface area contributed by atoms with Crippen LogP contribution in [0.25, 0.3) is 11.0 Å². The van der Waals surface area contributed by atoms with Crippen LogP contribution >= 0.6 is 0 Å². The van der Waals surface area contributed by atoms with E-state index < -0.39 is 0 Å². The summed E-state index contributed by atoms with van der Waals surface area (Å²) < 4.78 is 0. The van der Waals surface area contributed by atoms with Crippen molar-refractivity contribution in [2.75, 3.05) is 6.54 Å². The first-order valence-corrected chi connectivity index (χ1v) is 8.11. The van der Waals surface area contributed by atoms with Crippen molar-refractivity contribution in [2.45, 2.75) is 51.7 Å². The summed E-state index contributed by atoms with van der Waals surface area (Å²) in [5.41, 5.74) is 2.58. The summed E-state index contributed by atoms with van der Waals surface area (Å²) >= 11 is 0. The van der Waals surface area contributed by atoms with Crippen LogP contribution in [0.4, 0.5) is 0 Å². The quantitative estimate of drug-likeness (QED) is 0.700. The Morgan fingerprint density at radius 3 is 2.91 bits per heavy atom. The molecular weight excluding hydrogens is 278 g/mol. The molecule has 3 rings (SSSR count). The number of hydrogen-bond acceptors (Lipinski definition) is 3. The van der Waals surface area contributed by atoms with Crippen molar-refractivity contribution < 1.29 is 5.11 Å². The molecule has 0 amide bonds. The molecule has 1 saturated carbocycles. The van der Waals surface area contributed by atoms with Gasteiger partial charge >= 0.3 is 5.69 Å². The third-order valence-corrected chi connectivity index (χ3v) is 5.13. The molecule has 1 aliphatic carbocycles. The van der Waals surface area contributed by atoms with E-state index in [-0.39, 0.29) is 23.3 Å². The first-order valence-electron chi connectivity index (χ1n) is 8.11. The molecule has 2 aromatic rings. The van der Waals surface area contributed by atoms with Crippen LogP contribution in [0, 0.1) is 5.41 Å². The Balaban J connectivity index is 1.70. The van der Waals surface area contributed by atoms with Crippen LogP contribution in [0.3, 0.4) is 0 Å². The van der Waals surface area contributed by atoms with Crippen LogP contribution in [0.1, 0.15) is 51.1 Å². The molecule has 120 valence electrons. The van der Waals surface area contributed by atoms with Crippen molar-refractivity contribution in [1.29, 1.82) is 0 Å². The fourth-order valence-electron chi connectivity index (χ4n) is 3.41. The highest BCUT2D eigenvalue weighted by atomic mass is 16.3. The van der Waals surface area contributed by atoms with Crippen molar-refractivity contribution >= 4 is 11.0 Å². The number of hydrogen-bond donors (Lipinski definition) is 4. The lowest BCUT2D eigenvalue weighted by molar-refractivity contribution is -0.0000109. The zero-order valence-corrected chi connectivity index (χ0v) is 13.3. The van der Waals surface area contributed by atoms with Crippen molar-refractivity contribution in [3.05, 3.63) is 34.2 Å². The highest BCUT2D eigenvalue weighted by Gasteiger charge is 2.35. The molecule has 0 bridgehead atoms. The van der Waals surface area contributed by atoms with E-state index >= 15 is 0 Å². The monoisotopic (exact) mass is 303 g/mol. The van der Waals surface area contributed by atoms with Gasteiger partial charge < -0.3 is 20.4 Å². The molecule has 1 aromatic heterocycles. The summed E-state index contributed by atoms with van der Waals surface area (Å²) in [6.45, 7) is 5.09. The maximum absolute atomic E-state index is 11.3. The van der Waals surface area contributed by atoms with Gasteiger partial charge in [0.05, 0.1) is 17.1 Å². The minimum atomic E-state index is -0.218. The summed E-state index contributed by atoms with van der Waals surface area (Å²) in [4.78, 5) is 16.9. The Morgan fingerprint density at radius 2 is 2.14 bits per heavy atom. The Morgan fingerprint density at radius 1 is 1.36 bits per heavy atom. The van der Waals surface area contributed by atoms with E-state index in [0.717, 1.165) is 42.4 Å². The Kier molecular flexibility index (Phi) is 4.10. The largest absolute Gasteiger partial charge is 0.393 e. The van der Waals surface area contributed by atoms with E-state index in [4.69, 9.17) is 0 Å². The number of aliphatic hydroxyl groups is 1. The van der Waals surface area contributed by atoms with E-state index in [1.165, 1.54) is 6.42 Å². The molecule has 3 unspecified atom stereocenters. The number of imidazole rings is 1. The average Bonchev–Trinajstić information content (AvgIpc) is 2.87. The second-order valence-corrected chi connectivity index (χ2v) is 6.90. The van der Waals surface area contributed by atoms with Gasteiger partial charge in [0.25, 0.3) is 0 Å². The lowest BCUT2D eigenvalue weighted by atomic mass is 9.73. The minimum Gasteiger partial charge on any atom is -0.393 e. The molecule has 1 aliphatic rings. The molecule has 0 radical (unpaired) electrons. The predicted octanol–water partition coefficient (Wildman–Crippen LogP) is 2.45. The number of aromatic nitrogens is 2. The van der Waals surface area contributed by atoms with Gasteiger partial charge in [-0.05, 0) is 37.5 Å². The van der Waals surface area contributed by atoms with Crippen LogP contribution in [-0.4, -0.2) is 27.7 Å². The van der Waals surface area contributed by atoms with Crippen LogP contribution in [0.5, 0.6) is 0 Å². The summed E-state index contributed by atoms with van der Waals surface area (Å²) in [7, 11) is 0. The molecular formula is C17H25N3O2. The Hall–Kier alpha value is -1.59. The second-order valence-electron chi connectivity index (χ2n) is 6.90. The van der Waals surface area contributed by atoms with Gasteiger partial charge in [-0.15, -0.1) is 0 Å². The minimum absolute atomic E-state index is 0.0426. The topological polar surface area (TPSA) is 80.9 Å². The van der Waals surface area contributed by atoms with E-state index in [0.29, 0.717) is 0 Å². The van der Waals surface area contributed by atoms with E-state index in [2.05, 4.69) is 29.1 Å². The van der Waals surface area contributed by atoms with Crippen molar-refractivity contribution in [2.24, 2.45) is 5.41 Å². The number of rotatable bonds is 4. The Bertz CT molecular complexity index is 705. The highest BCUT2D eigenvalue weighted by Crippen LogP contribution is 2.36. The van der Waals surface area contributed by atoms with Gasteiger partial charge in [0.15, 0.2) is 0 Å². The molecule has 5 heteroatoms. The van der Waals surface area contributed by atoms with Crippen LogP contribution < -0.4 is 11.0 Å². The molecule has 5 nitrogen and oxygen atoms in total. The molecule has 4 N–H and O–H groups in total. The lowest BCUT2D eigenvalue weighted by Crippen LogP contribution is -2.44. The normalized spacial score (nSPS) is 27.1. The molecule has 1 aromatic carbocycles. The van der Waals surface area contributed by atoms with Crippen molar-refractivity contribution in [1.82, 2.24) is 15.3 Å². The number of aromatic amines is 2. The zero-order valence-electron chi connectivity index (χ0n) is 13.3. The summed E-state index contributed by atoms with van der Waals surface area (Å²) in [6.07, 6.45) is 4.08. The fraction of sp³-hybridized carbons (Fsp3) is 0.588. The summed E-state index contributed by atoms with van der Waals surface area (Å²) in [5, 5.41) is 13.8. The van der Waals surface area contributed by atoms with E-state index in [1.54, 1.807) is 0 Å². The van der Waals surface area contributed by atoms with Crippen LogP contribution in [-0.2, 0) is 0 Å². The van der Waals surface area contributed by atoms with Gasteiger partial charge in [-0.3, -0.25) is 0 Å². The van der Waals surface area contributed by atoms with Crippen molar-refractivity contribution in [3.8, 4) is 0 Å². The number of aliphatic hydroxyl groups excluding tert-OH is 1. The SMILES string of the molecule is CC(NCC1(C)CCCCC1O)c1ccc2[nH]c(=O)[nH]c2c1. The van der Waals surface area contributed by atoms with E-state index in [1.807, 2.05) is 18.2 Å². The molecule has 0 aliphatic heterocycles. The fourth-order valence-corrected chi connectivity index (χ4v) is 3.41. The number of nitrogens with one attached hydrogen (secondary N) is 3.